The van der Waals surface area contributed by atoms with Crippen LogP contribution in [0.15, 0.2) is 29.2 Å². The summed E-state index contributed by atoms with van der Waals surface area (Å²) in [6, 6.07) is 5.31. The van der Waals surface area contributed by atoms with Gasteiger partial charge in [0, 0.05) is 13.1 Å². The number of phenols is 1. The maximum Gasteiger partial charge on any atom is 0.335 e. The zero-order valence-corrected chi connectivity index (χ0v) is 21.1. The lowest BCUT2D eigenvalue weighted by atomic mass is 10.2. The van der Waals surface area contributed by atoms with E-state index >= 15 is 0 Å². The van der Waals surface area contributed by atoms with Gasteiger partial charge in [0.1, 0.15) is 10.0 Å². The highest BCUT2D eigenvalue weighted by Crippen LogP contribution is 2.47. The van der Waals surface area contributed by atoms with Crippen LogP contribution in [-0.2, 0) is 10.0 Å². The summed E-state index contributed by atoms with van der Waals surface area (Å²) < 4.78 is 26.2. The van der Waals surface area contributed by atoms with E-state index < -0.39 is 16.0 Å². The van der Waals surface area contributed by atoms with Gasteiger partial charge in [-0.25, -0.2) is 13.2 Å². The minimum atomic E-state index is -3.53. The van der Waals surface area contributed by atoms with E-state index in [-0.39, 0.29) is 41.3 Å². The van der Waals surface area contributed by atoms with Crippen molar-refractivity contribution in [3.8, 4) is 5.75 Å². The van der Waals surface area contributed by atoms with Gasteiger partial charge in [-0.3, -0.25) is 0 Å². The molecule has 0 aliphatic carbocycles. The number of rotatable bonds is 7. The molecule has 0 bridgehead atoms. The minimum Gasteiger partial charge on any atom is -0.505 e. The third-order valence-electron chi connectivity index (χ3n) is 3.87. The quantitative estimate of drug-likeness (QED) is 0.290. The summed E-state index contributed by atoms with van der Waals surface area (Å²) in [5.74, 6) is -1.43. The fourth-order valence-corrected chi connectivity index (χ4v) is 5.12. The van der Waals surface area contributed by atoms with E-state index in [2.05, 4.69) is 0 Å². The SMILES string of the molecule is CCCN(CCC)S(=O)(=O)c1ccc(C(=O)O)cc1.Oc1c(Cl)c(Cl)c(Cl)c(Cl)c1Cl. The second-order valence-corrected chi connectivity index (χ2v) is 9.98. The van der Waals surface area contributed by atoms with Gasteiger partial charge in [-0.05, 0) is 37.1 Å². The Labute approximate surface area is 206 Å². The molecular formula is C19H20Cl5NO5S. The molecule has 0 aromatic heterocycles. The van der Waals surface area contributed by atoms with Crippen LogP contribution in [-0.4, -0.2) is 42.0 Å². The molecule has 12 heteroatoms. The Kier molecular flexibility index (Phi) is 11.2. The zero-order valence-electron chi connectivity index (χ0n) is 16.5. The molecular weight excluding hydrogens is 532 g/mol. The third-order valence-corrected chi connectivity index (χ3v) is 8.04. The van der Waals surface area contributed by atoms with Crippen LogP contribution in [0.4, 0.5) is 0 Å². The first kappa shape index (κ1) is 28.1. The number of sulfonamides is 1. The normalized spacial score (nSPS) is 11.2. The molecule has 0 aliphatic heterocycles. The minimum absolute atomic E-state index is 0.00904. The Hall–Kier alpha value is -0.930. The number of hydrogen-bond acceptors (Lipinski definition) is 4. The lowest BCUT2D eigenvalue weighted by molar-refractivity contribution is 0.0696. The Morgan fingerprint density at radius 3 is 1.58 bits per heavy atom. The topological polar surface area (TPSA) is 94.9 Å². The number of benzene rings is 2. The summed E-state index contributed by atoms with van der Waals surface area (Å²) in [4.78, 5) is 10.9. The molecule has 172 valence electrons. The number of carboxylic acids is 1. The van der Waals surface area contributed by atoms with Gasteiger partial charge in [-0.15, -0.1) is 0 Å². The van der Waals surface area contributed by atoms with Gasteiger partial charge in [0.05, 0.1) is 25.5 Å². The number of hydrogen-bond donors (Lipinski definition) is 2. The first-order valence-electron chi connectivity index (χ1n) is 8.93. The van der Waals surface area contributed by atoms with Gasteiger partial charge in [-0.2, -0.15) is 4.31 Å². The van der Waals surface area contributed by atoms with Crippen molar-refractivity contribution >= 4 is 74.0 Å². The molecule has 0 aliphatic rings. The molecule has 2 rings (SSSR count). The first-order chi connectivity index (χ1) is 14.4. The van der Waals surface area contributed by atoms with Crippen LogP contribution in [0.3, 0.4) is 0 Å². The summed E-state index contributed by atoms with van der Waals surface area (Å²) >= 11 is 27.9. The van der Waals surface area contributed by atoms with Crippen molar-refractivity contribution in [2.24, 2.45) is 0 Å². The lowest BCUT2D eigenvalue weighted by Gasteiger charge is -2.20. The predicted octanol–water partition coefficient (Wildman–Crippen LogP) is 6.85. The van der Waals surface area contributed by atoms with E-state index in [9.17, 15) is 18.3 Å². The Balaban J connectivity index is 0.000000343. The van der Waals surface area contributed by atoms with Gasteiger partial charge in [0.2, 0.25) is 10.0 Å². The van der Waals surface area contributed by atoms with Crippen molar-refractivity contribution in [1.82, 2.24) is 4.31 Å². The molecule has 0 radical (unpaired) electrons. The summed E-state index contributed by atoms with van der Waals surface area (Å²) in [5.41, 5.74) is 0.0801. The van der Waals surface area contributed by atoms with Crippen molar-refractivity contribution in [2.75, 3.05) is 13.1 Å². The van der Waals surface area contributed by atoms with Crippen LogP contribution in [0.1, 0.15) is 37.0 Å². The van der Waals surface area contributed by atoms with E-state index in [1.165, 1.54) is 28.6 Å². The van der Waals surface area contributed by atoms with Gasteiger partial charge in [0.15, 0.2) is 5.75 Å². The Morgan fingerprint density at radius 1 is 0.839 bits per heavy atom. The van der Waals surface area contributed by atoms with Crippen molar-refractivity contribution in [3.05, 3.63) is 54.9 Å². The maximum absolute atomic E-state index is 12.4. The highest BCUT2D eigenvalue weighted by Gasteiger charge is 2.23. The number of halogens is 5. The van der Waals surface area contributed by atoms with Crippen LogP contribution in [0.2, 0.25) is 25.1 Å². The molecule has 31 heavy (non-hydrogen) atoms. The number of carboxylic acid groups (broad SMARTS) is 1. The number of phenolic OH excluding ortho intramolecular Hbond substituents is 1. The molecule has 0 unspecified atom stereocenters. The first-order valence-corrected chi connectivity index (χ1v) is 12.3. The standard InChI is InChI=1S/C13H19NO4S.C6HCl5O/c1-3-9-14(10-4-2)19(17,18)12-7-5-11(6-8-12)13(15)16;7-1-2(8)4(10)6(12)5(11)3(1)9/h5-8H,3-4,9-10H2,1-2H3,(H,15,16);12H. The summed E-state index contributed by atoms with van der Waals surface area (Å²) in [5, 5.41) is 17.8. The summed E-state index contributed by atoms with van der Waals surface area (Å²) in [6.45, 7) is 4.78. The van der Waals surface area contributed by atoms with E-state index in [4.69, 9.17) is 63.1 Å². The van der Waals surface area contributed by atoms with E-state index in [0.29, 0.717) is 13.1 Å². The summed E-state index contributed by atoms with van der Waals surface area (Å²) in [7, 11) is -3.53. The number of nitrogens with zero attached hydrogens (tertiary/aromatic N) is 1. The largest absolute Gasteiger partial charge is 0.505 e. The zero-order chi connectivity index (χ0) is 23.9. The highest BCUT2D eigenvalue weighted by molar-refractivity contribution is 7.89. The predicted molar refractivity (Wildman–Crippen MR) is 126 cm³/mol. The smallest absolute Gasteiger partial charge is 0.335 e. The van der Waals surface area contributed by atoms with Crippen molar-refractivity contribution < 1.29 is 23.4 Å². The molecule has 0 fully saturated rings. The average molecular weight is 552 g/mol. The average Bonchev–Trinajstić information content (AvgIpc) is 2.75. The second kappa shape index (κ2) is 12.3. The van der Waals surface area contributed by atoms with Crippen LogP contribution >= 0.6 is 58.0 Å². The Bertz CT molecular complexity index is 918. The lowest BCUT2D eigenvalue weighted by Crippen LogP contribution is -2.32. The van der Waals surface area contributed by atoms with E-state index in [0.717, 1.165) is 12.8 Å². The molecule has 6 nitrogen and oxygen atoms in total. The van der Waals surface area contributed by atoms with E-state index in [1.807, 2.05) is 13.8 Å². The molecule has 0 saturated heterocycles. The van der Waals surface area contributed by atoms with Gasteiger partial charge >= 0.3 is 5.97 Å². The monoisotopic (exact) mass is 549 g/mol. The van der Waals surface area contributed by atoms with Crippen LogP contribution in [0.25, 0.3) is 0 Å². The fourth-order valence-electron chi connectivity index (χ4n) is 2.36. The molecule has 2 N–H and O–H groups in total. The molecule has 0 heterocycles. The molecule has 2 aromatic rings. The summed E-state index contributed by atoms with van der Waals surface area (Å²) in [6.07, 6.45) is 1.48. The molecule has 0 atom stereocenters. The van der Waals surface area contributed by atoms with E-state index in [1.54, 1.807) is 0 Å². The molecule has 0 spiro atoms. The van der Waals surface area contributed by atoms with Crippen molar-refractivity contribution in [1.29, 1.82) is 0 Å². The molecule has 2 aromatic carbocycles. The molecule has 0 saturated carbocycles. The van der Waals surface area contributed by atoms with Gasteiger partial charge in [0.25, 0.3) is 0 Å². The third kappa shape index (κ3) is 7.02. The Morgan fingerprint density at radius 2 is 1.23 bits per heavy atom. The number of carbonyl (C=O) groups is 1. The van der Waals surface area contributed by atoms with Gasteiger partial charge < -0.3 is 10.2 Å². The van der Waals surface area contributed by atoms with Crippen molar-refractivity contribution in [3.63, 3.8) is 0 Å². The molecule has 0 amide bonds. The van der Waals surface area contributed by atoms with Crippen LogP contribution in [0.5, 0.6) is 5.75 Å². The second-order valence-electron chi connectivity index (χ2n) is 6.15. The van der Waals surface area contributed by atoms with Gasteiger partial charge in [-0.1, -0.05) is 71.9 Å². The maximum atomic E-state index is 12.4. The van der Waals surface area contributed by atoms with Crippen LogP contribution < -0.4 is 0 Å². The fraction of sp³-hybridized carbons (Fsp3) is 0.316. The number of aromatic carboxylic acids is 1. The highest BCUT2D eigenvalue weighted by atomic mass is 35.5. The van der Waals surface area contributed by atoms with Crippen LogP contribution in [0, 0.1) is 0 Å². The number of aromatic hydroxyl groups is 1. The van der Waals surface area contributed by atoms with Crippen molar-refractivity contribution in [2.45, 2.75) is 31.6 Å².